The highest BCUT2D eigenvalue weighted by molar-refractivity contribution is 6.61. The summed E-state index contributed by atoms with van der Waals surface area (Å²) in [4.78, 5) is 8.79. The molecule has 1 aliphatic heterocycles. The van der Waals surface area contributed by atoms with Gasteiger partial charge in [0.1, 0.15) is 6.10 Å². The number of hydrogen-bond donors (Lipinski definition) is 0. The largest absolute Gasteiger partial charge is 0.516 e. The second kappa shape index (κ2) is 5.82. The van der Waals surface area contributed by atoms with E-state index >= 15 is 0 Å². The summed E-state index contributed by atoms with van der Waals surface area (Å²) >= 11 is 0. The van der Waals surface area contributed by atoms with E-state index in [4.69, 9.17) is 14.0 Å². The van der Waals surface area contributed by atoms with Gasteiger partial charge in [-0.25, -0.2) is 4.98 Å². The molecule has 0 atom stereocenters. The zero-order chi connectivity index (χ0) is 15.8. The summed E-state index contributed by atoms with van der Waals surface area (Å²) in [5, 5.41) is 0. The van der Waals surface area contributed by atoms with Crippen LogP contribution >= 0.6 is 0 Å². The first kappa shape index (κ1) is 15.7. The normalized spacial score (nSPS) is 24.5. The van der Waals surface area contributed by atoms with Gasteiger partial charge in [0, 0.05) is 6.20 Å². The van der Waals surface area contributed by atoms with Crippen LogP contribution in [-0.2, 0) is 9.31 Å². The maximum atomic E-state index is 5.97. The van der Waals surface area contributed by atoms with Crippen molar-refractivity contribution in [3.63, 3.8) is 0 Å². The average molecular weight is 304 g/mol. The summed E-state index contributed by atoms with van der Waals surface area (Å²) in [6.45, 7) is 8.12. The fraction of sp³-hybridized carbons (Fsp3) is 0.750. The smallest absolute Gasteiger partial charge is 0.473 e. The molecule has 0 spiro atoms. The number of rotatable bonds is 3. The van der Waals surface area contributed by atoms with Gasteiger partial charge >= 0.3 is 7.12 Å². The highest BCUT2D eigenvalue weighted by atomic mass is 16.7. The van der Waals surface area contributed by atoms with E-state index in [1.54, 1.807) is 12.4 Å². The highest BCUT2D eigenvalue weighted by Crippen LogP contribution is 2.36. The molecule has 1 saturated carbocycles. The molecular weight excluding hydrogens is 279 g/mol. The van der Waals surface area contributed by atoms with Crippen molar-refractivity contribution >= 4 is 12.7 Å². The zero-order valence-electron chi connectivity index (χ0n) is 14.0. The standard InChI is InChI=1S/C16H25BN2O3/c1-15(2)16(3,4)22-17(21-15)13-10-19-14(11-18-13)20-12-8-6-5-7-9-12/h10-12H,5-9H2,1-4H3. The summed E-state index contributed by atoms with van der Waals surface area (Å²) in [6.07, 6.45) is 9.67. The topological polar surface area (TPSA) is 53.5 Å². The van der Waals surface area contributed by atoms with E-state index < -0.39 is 7.12 Å². The van der Waals surface area contributed by atoms with Crippen LogP contribution in [0.5, 0.6) is 5.88 Å². The van der Waals surface area contributed by atoms with Gasteiger partial charge in [0.25, 0.3) is 0 Å². The molecule has 0 radical (unpaired) electrons. The van der Waals surface area contributed by atoms with Crippen LogP contribution in [0.15, 0.2) is 12.4 Å². The number of hydrogen-bond acceptors (Lipinski definition) is 5. The van der Waals surface area contributed by atoms with Crippen LogP contribution in [0.2, 0.25) is 0 Å². The van der Waals surface area contributed by atoms with Gasteiger partial charge in [0.2, 0.25) is 5.88 Å². The third-order valence-corrected chi connectivity index (χ3v) is 4.98. The first-order chi connectivity index (χ1) is 10.4. The predicted octanol–water partition coefficient (Wildman–Crippen LogP) is 2.49. The average Bonchev–Trinajstić information content (AvgIpc) is 2.69. The van der Waals surface area contributed by atoms with E-state index in [9.17, 15) is 0 Å². The van der Waals surface area contributed by atoms with Crippen molar-refractivity contribution in [1.29, 1.82) is 0 Å². The van der Waals surface area contributed by atoms with Crippen LogP contribution in [0.4, 0.5) is 0 Å². The first-order valence-electron chi connectivity index (χ1n) is 8.22. The number of ether oxygens (including phenoxy) is 1. The second-order valence-electron chi connectivity index (χ2n) is 7.25. The van der Waals surface area contributed by atoms with E-state index in [1.807, 2.05) is 27.7 Å². The summed E-state index contributed by atoms with van der Waals surface area (Å²) in [7, 11) is -0.471. The maximum Gasteiger partial charge on any atom is 0.516 e. The summed E-state index contributed by atoms with van der Waals surface area (Å²) in [5.74, 6) is 0.590. The van der Waals surface area contributed by atoms with Gasteiger partial charge < -0.3 is 14.0 Å². The van der Waals surface area contributed by atoms with Crippen molar-refractivity contribution in [3.05, 3.63) is 12.4 Å². The summed E-state index contributed by atoms with van der Waals surface area (Å²) in [5.41, 5.74) is -0.0395. The van der Waals surface area contributed by atoms with Gasteiger partial charge in [-0.05, 0) is 53.4 Å². The van der Waals surface area contributed by atoms with Crippen LogP contribution in [0.3, 0.4) is 0 Å². The molecular formula is C16H25BN2O3. The summed E-state index contributed by atoms with van der Waals surface area (Å²) < 4.78 is 17.8. The molecule has 120 valence electrons. The predicted molar refractivity (Wildman–Crippen MR) is 85.2 cm³/mol. The van der Waals surface area contributed by atoms with Crippen LogP contribution in [0, 0.1) is 0 Å². The van der Waals surface area contributed by atoms with Crippen LogP contribution in [0.25, 0.3) is 0 Å². The molecule has 6 heteroatoms. The van der Waals surface area contributed by atoms with Gasteiger partial charge in [-0.2, -0.15) is 0 Å². The molecule has 0 amide bonds. The lowest BCUT2D eigenvalue weighted by Gasteiger charge is -2.32. The Morgan fingerprint density at radius 1 is 1.00 bits per heavy atom. The van der Waals surface area contributed by atoms with Crippen molar-refractivity contribution in [3.8, 4) is 5.88 Å². The highest BCUT2D eigenvalue weighted by Gasteiger charge is 2.52. The first-order valence-corrected chi connectivity index (χ1v) is 8.22. The Bertz CT molecular complexity index is 497. The molecule has 0 aromatic carbocycles. The molecule has 0 unspecified atom stereocenters. The van der Waals surface area contributed by atoms with Crippen LogP contribution in [0.1, 0.15) is 59.8 Å². The molecule has 1 aromatic heterocycles. The lowest BCUT2D eigenvalue weighted by molar-refractivity contribution is 0.00578. The van der Waals surface area contributed by atoms with Crippen LogP contribution < -0.4 is 10.3 Å². The van der Waals surface area contributed by atoms with E-state index in [0.717, 1.165) is 12.8 Å². The molecule has 2 aliphatic rings. The summed E-state index contributed by atoms with van der Waals surface area (Å²) in [6, 6.07) is 0. The van der Waals surface area contributed by atoms with Gasteiger partial charge in [-0.3, -0.25) is 4.98 Å². The van der Waals surface area contributed by atoms with E-state index in [-0.39, 0.29) is 17.3 Å². The Hall–Kier alpha value is -1.14. The Balaban J connectivity index is 1.65. The third kappa shape index (κ3) is 3.13. The lowest BCUT2D eigenvalue weighted by atomic mass is 9.85. The quantitative estimate of drug-likeness (QED) is 0.803. The molecule has 2 fully saturated rings. The van der Waals surface area contributed by atoms with E-state index in [2.05, 4.69) is 9.97 Å². The fourth-order valence-corrected chi connectivity index (χ4v) is 2.83. The molecule has 2 heterocycles. The minimum atomic E-state index is -0.471. The van der Waals surface area contributed by atoms with Gasteiger partial charge in [0.05, 0.1) is 23.0 Å². The lowest BCUT2D eigenvalue weighted by Crippen LogP contribution is -2.41. The molecule has 1 aliphatic carbocycles. The molecule has 0 bridgehead atoms. The molecule has 22 heavy (non-hydrogen) atoms. The van der Waals surface area contributed by atoms with Crippen molar-refractivity contribution < 1.29 is 14.0 Å². The Morgan fingerprint density at radius 3 is 2.18 bits per heavy atom. The fourth-order valence-electron chi connectivity index (χ4n) is 2.83. The minimum absolute atomic E-state index is 0.283. The van der Waals surface area contributed by atoms with Crippen LogP contribution in [-0.4, -0.2) is 34.4 Å². The van der Waals surface area contributed by atoms with Crippen molar-refractivity contribution in [1.82, 2.24) is 9.97 Å². The number of aromatic nitrogens is 2. The van der Waals surface area contributed by atoms with Crippen molar-refractivity contribution in [2.24, 2.45) is 0 Å². The maximum absolute atomic E-state index is 5.97. The number of nitrogens with zero attached hydrogens (tertiary/aromatic N) is 2. The minimum Gasteiger partial charge on any atom is -0.473 e. The Kier molecular flexibility index (Phi) is 4.16. The van der Waals surface area contributed by atoms with E-state index in [0.29, 0.717) is 11.5 Å². The Labute approximate surface area is 132 Å². The SMILES string of the molecule is CC1(C)OB(c2cnc(OC3CCCCC3)cn2)OC1(C)C. The van der Waals surface area contributed by atoms with Gasteiger partial charge in [0.15, 0.2) is 0 Å². The molecule has 5 nitrogen and oxygen atoms in total. The zero-order valence-corrected chi connectivity index (χ0v) is 14.0. The second-order valence-corrected chi connectivity index (χ2v) is 7.25. The molecule has 1 saturated heterocycles. The Morgan fingerprint density at radius 2 is 1.64 bits per heavy atom. The van der Waals surface area contributed by atoms with Crippen molar-refractivity contribution in [2.75, 3.05) is 0 Å². The molecule has 1 aromatic rings. The monoisotopic (exact) mass is 304 g/mol. The van der Waals surface area contributed by atoms with Gasteiger partial charge in [-0.1, -0.05) is 6.42 Å². The third-order valence-electron chi connectivity index (χ3n) is 4.98. The van der Waals surface area contributed by atoms with Gasteiger partial charge in [-0.15, -0.1) is 0 Å². The van der Waals surface area contributed by atoms with E-state index in [1.165, 1.54) is 19.3 Å². The molecule has 0 N–H and O–H groups in total. The van der Waals surface area contributed by atoms with Crippen molar-refractivity contribution in [2.45, 2.75) is 77.1 Å². The molecule has 3 rings (SSSR count).